The second-order valence-corrected chi connectivity index (χ2v) is 4.86. The summed E-state index contributed by atoms with van der Waals surface area (Å²) in [4.78, 5) is 13.9. The first-order chi connectivity index (χ1) is 6.52. The zero-order valence-corrected chi connectivity index (χ0v) is 8.82. The van der Waals surface area contributed by atoms with Gasteiger partial charge in [0.15, 0.2) is 0 Å². The van der Waals surface area contributed by atoms with Crippen molar-refractivity contribution in [3.63, 3.8) is 0 Å². The SMILES string of the molecule is CC1(C)COCCN1C(=O)C1CC1N. The number of amides is 1. The summed E-state index contributed by atoms with van der Waals surface area (Å²) in [5.74, 6) is 0.290. The second kappa shape index (κ2) is 3.21. The second-order valence-electron chi connectivity index (χ2n) is 4.86. The van der Waals surface area contributed by atoms with E-state index in [-0.39, 0.29) is 23.4 Å². The van der Waals surface area contributed by atoms with E-state index in [4.69, 9.17) is 10.5 Å². The third-order valence-electron chi connectivity index (χ3n) is 3.07. The minimum Gasteiger partial charge on any atom is -0.377 e. The maximum Gasteiger partial charge on any atom is 0.227 e. The van der Waals surface area contributed by atoms with Crippen molar-refractivity contribution in [2.24, 2.45) is 11.7 Å². The van der Waals surface area contributed by atoms with Crippen LogP contribution in [0.5, 0.6) is 0 Å². The number of nitrogens with two attached hydrogens (primary N) is 1. The predicted octanol–water partition coefficient (Wildman–Crippen LogP) is -0.0290. The molecular weight excluding hydrogens is 180 g/mol. The summed E-state index contributed by atoms with van der Waals surface area (Å²) in [5.41, 5.74) is 5.51. The summed E-state index contributed by atoms with van der Waals surface area (Å²) in [6, 6.07) is 0.0983. The van der Waals surface area contributed by atoms with E-state index in [1.807, 2.05) is 18.7 Å². The molecule has 0 bridgehead atoms. The molecule has 2 rings (SSSR count). The van der Waals surface area contributed by atoms with Gasteiger partial charge in [0, 0.05) is 12.6 Å². The average molecular weight is 198 g/mol. The van der Waals surface area contributed by atoms with Gasteiger partial charge in [0.05, 0.1) is 24.7 Å². The van der Waals surface area contributed by atoms with E-state index >= 15 is 0 Å². The van der Waals surface area contributed by atoms with Crippen molar-refractivity contribution in [2.45, 2.75) is 31.8 Å². The summed E-state index contributed by atoms with van der Waals surface area (Å²) in [7, 11) is 0. The lowest BCUT2D eigenvalue weighted by atomic mass is 10.0. The van der Waals surface area contributed by atoms with Gasteiger partial charge in [-0.25, -0.2) is 0 Å². The van der Waals surface area contributed by atoms with Gasteiger partial charge in [-0.15, -0.1) is 0 Å². The lowest BCUT2D eigenvalue weighted by Crippen LogP contribution is -2.56. The smallest absolute Gasteiger partial charge is 0.227 e. The van der Waals surface area contributed by atoms with E-state index in [0.717, 1.165) is 6.42 Å². The Balaban J connectivity index is 2.04. The van der Waals surface area contributed by atoms with Gasteiger partial charge >= 0.3 is 0 Å². The Bertz CT molecular complexity index is 253. The van der Waals surface area contributed by atoms with Gasteiger partial charge in [0.25, 0.3) is 0 Å². The van der Waals surface area contributed by atoms with Crippen LogP contribution in [0.4, 0.5) is 0 Å². The lowest BCUT2D eigenvalue weighted by molar-refractivity contribution is -0.147. The number of morpholine rings is 1. The molecule has 4 nitrogen and oxygen atoms in total. The molecular formula is C10H18N2O2. The first-order valence-electron chi connectivity index (χ1n) is 5.17. The van der Waals surface area contributed by atoms with Gasteiger partial charge in [-0.1, -0.05) is 0 Å². The highest BCUT2D eigenvalue weighted by atomic mass is 16.5. The Labute approximate surface area is 84.4 Å². The van der Waals surface area contributed by atoms with Crippen molar-refractivity contribution >= 4 is 5.91 Å². The number of ether oxygens (including phenoxy) is 1. The lowest BCUT2D eigenvalue weighted by Gasteiger charge is -2.42. The van der Waals surface area contributed by atoms with Crippen molar-refractivity contribution in [3.8, 4) is 0 Å². The fourth-order valence-corrected chi connectivity index (χ4v) is 1.97. The molecule has 0 aromatic heterocycles. The Morgan fingerprint density at radius 2 is 2.21 bits per heavy atom. The molecule has 4 heteroatoms. The minimum atomic E-state index is -0.169. The highest BCUT2D eigenvalue weighted by Crippen LogP contribution is 2.33. The van der Waals surface area contributed by atoms with E-state index in [0.29, 0.717) is 19.8 Å². The molecule has 1 saturated heterocycles. The van der Waals surface area contributed by atoms with Gasteiger partial charge in [-0.05, 0) is 20.3 Å². The number of hydrogen-bond acceptors (Lipinski definition) is 3. The zero-order valence-electron chi connectivity index (χ0n) is 8.82. The Morgan fingerprint density at radius 1 is 1.57 bits per heavy atom. The largest absolute Gasteiger partial charge is 0.377 e. The molecule has 2 fully saturated rings. The predicted molar refractivity (Wildman–Crippen MR) is 52.7 cm³/mol. The van der Waals surface area contributed by atoms with Crippen LogP contribution in [-0.4, -0.2) is 42.1 Å². The molecule has 1 heterocycles. The van der Waals surface area contributed by atoms with E-state index in [9.17, 15) is 4.79 Å². The van der Waals surface area contributed by atoms with Crippen LogP contribution in [0, 0.1) is 5.92 Å². The first-order valence-corrected chi connectivity index (χ1v) is 5.17. The summed E-state index contributed by atoms with van der Waals surface area (Å²) in [6.45, 7) is 6.06. The number of carbonyl (C=O) groups excluding carboxylic acids is 1. The van der Waals surface area contributed by atoms with Gasteiger partial charge in [0.1, 0.15) is 0 Å². The summed E-state index contributed by atoms with van der Waals surface area (Å²) < 4.78 is 5.37. The summed E-state index contributed by atoms with van der Waals surface area (Å²) in [5, 5.41) is 0. The topological polar surface area (TPSA) is 55.6 Å². The molecule has 2 aliphatic rings. The molecule has 14 heavy (non-hydrogen) atoms. The maximum atomic E-state index is 12.0. The molecule has 2 unspecified atom stereocenters. The van der Waals surface area contributed by atoms with Gasteiger partial charge in [-0.2, -0.15) is 0 Å². The molecule has 2 N–H and O–H groups in total. The van der Waals surface area contributed by atoms with Crippen molar-refractivity contribution in [1.82, 2.24) is 4.90 Å². The fraction of sp³-hybridized carbons (Fsp3) is 0.900. The van der Waals surface area contributed by atoms with Crippen LogP contribution in [0.25, 0.3) is 0 Å². The molecule has 0 aromatic rings. The van der Waals surface area contributed by atoms with Crippen molar-refractivity contribution < 1.29 is 9.53 Å². The molecule has 1 saturated carbocycles. The maximum absolute atomic E-state index is 12.0. The molecule has 1 amide bonds. The van der Waals surface area contributed by atoms with E-state index in [1.165, 1.54) is 0 Å². The van der Waals surface area contributed by atoms with Crippen molar-refractivity contribution in [3.05, 3.63) is 0 Å². The van der Waals surface area contributed by atoms with E-state index < -0.39 is 0 Å². The number of carbonyl (C=O) groups is 1. The third kappa shape index (κ3) is 1.64. The zero-order chi connectivity index (χ0) is 10.3. The van der Waals surface area contributed by atoms with Crippen LogP contribution in [0.15, 0.2) is 0 Å². The molecule has 1 aliphatic carbocycles. The van der Waals surface area contributed by atoms with Crippen LogP contribution in [-0.2, 0) is 9.53 Å². The van der Waals surface area contributed by atoms with Crippen molar-refractivity contribution in [1.29, 1.82) is 0 Å². The number of rotatable bonds is 1. The number of hydrogen-bond donors (Lipinski definition) is 1. The van der Waals surface area contributed by atoms with Crippen molar-refractivity contribution in [2.75, 3.05) is 19.8 Å². The van der Waals surface area contributed by atoms with Crippen LogP contribution in [0.1, 0.15) is 20.3 Å². The monoisotopic (exact) mass is 198 g/mol. The molecule has 0 aromatic carbocycles. The highest BCUT2D eigenvalue weighted by Gasteiger charge is 2.46. The first kappa shape index (κ1) is 9.93. The van der Waals surface area contributed by atoms with E-state index in [2.05, 4.69) is 0 Å². The highest BCUT2D eigenvalue weighted by molar-refractivity contribution is 5.83. The van der Waals surface area contributed by atoms with E-state index in [1.54, 1.807) is 0 Å². The molecule has 80 valence electrons. The Hall–Kier alpha value is -0.610. The number of nitrogens with zero attached hydrogens (tertiary/aromatic N) is 1. The van der Waals surface area contributed by atoms with Crippen LogP contribution < -0.4 is 5.73 Å². The quantitative estimate of drug-likeness (QED) is 0.644. The van der Waals surface area contributed by atoms with Gasteiger partial charge in [0.2, 0.25) is 5.91 Å². The van der Waals surface area contributed by atoms with Crippen LogP contribution >= 0.6 is 0 Å². The normalized spacial score (nSPS) is 35.5. The van der Waals surface area contributed by atoms with Gasteiger partial charge < -0.3 is 15.4 Å². The average Bonchev–Trinajstić information content (AvgIpc) is 2.81. The standard InChI is InChI=1S/C10H18N2O2/c1-10(2)6-14-4-3-12(10)9(13)7-5-8(7)11/h7-8H,3-6,11H2,1-2H3. The molecule has 0 spiro atoms. The molecule has 1 aliphatic heterocycles. The Morgan fingerprint density at radius 3 is 2.71 bits per heavy atom. The molecule has 0 radical (unpaired) electrons. The third-order valence-corrected chi connectivity index (χ3v) is 3.07. The van der Waals surface area contributed by atoms with Crippen LogP contribution in [0.2, 0.25) is 0 Å². The minimum absolute atomic E-state index is 0.0763. The summed E-state index contributed by atoms with van der Waals surface area (Å²) >= 11 is 0. The fourth-order valence-electron chi connectivity index (χ4n) is 1.97. The summed E-state index contributed by atoms with van der Waals surface area (Å²) in [6.07, 6.45) is 0.853. The van der Waals surface area contributed by atoms with Crippen LogP contribution in [0.3, 0.4) is 0 Å². The molecule has 2 atom stereocenters. The van der Waals surface area contributed by atoms with Gasteiger partial charge in [-0.3, -0.25) is 4.79 Å². The Kier molecular flexibility index (Phi) is 2.27.